The van der Waals surface area contributed by atoms with E-state index in [0.717, 1.165) is 47.8 Å². The molecule has 1 saturated carbocycles. The van der Waals surface area contributed by atoms with E-state index in [1.54, 1.807) is 6.07 Å². The second kappa shape index (κ2) is 13.1. The zero-order valence-corrected chi connectivity index (χ0v) is 21.8. The molecule has 2 aromatic carbocycles. The topological polar surface area (TPSA) is 70.4 Å². The van der Waals surface area contributed by atoms with Crippen LogP contribution in [0.2, 0.25) is 0 Å². The molecule has 1 aliphatic rings. The number of nitrogens with one attached hydrogen (secondary N) is 1. The van der Waals surface area contributed by atoms with Crippen LogP contribution in [-0.2, 0) is 11.3 Å². The van der Waals surface area contributed by atoms with E-state index in [1.165, 1.54) is 38.4 Å². The highest BCUT2D eigenvalue weighted by Gasteiger charge is 2.17. The molecule has 1 fully saturated rings. The molecule has 7 heteroatoms. The lowest BCUT2D eigenvalue weighted by molar-refractivity contribution is -0.736. The van der Waals surface area contributed by atoms with Gasteiger partial charge in [-0.3, -0.25) is 0 Å². The van der Waals surface area contributed by atoms with E-state index in [9.17, 15) is 4.91 Å². The number of nitrogens with zero attached hydrogens (tertiary/aromatic N) is 4. The first kappa shape index (κ1) is 26.5. The smallest absolute Gasteiger partial charge is 0.317 e. The Morgan fingerprint density at radius 1 is 1.06 bits per heavy atom. The number of hydrogen-bond donors (Lipinski definition) is 1. The molecule has 1 aliphatic carbocycles. The quantitative estimate of drug-likeness (QED) is 0.328. The number of rotatable bonds is 8. The van der Waals surface area contributed by atoms with E-state index in [0.29, 0.717) is 16.7 Å². The Morgan fingerprint density at radius 2 is 1.80 bits per heavy atom. The molecule has 35 heavy (non-hydrogen) atoms. The molecule has 1 aromatic heterocycles. The van der Waals surface area contributed by atoms with Crippen LogP contribution in [0.1, 0.15) is 50.4 Å². The number of hydrogen-bond acceptors (Lipinski definition) is 6. The van der Waals surface area contributed by atoms with Gasteiger partial charge in [-0.1, -0.05) is 31.2 Å². The van der Waals surface area contributed by atoms with Crippen LogP contribution >= 0.6 is 0 Å². The molecular weight excluding hydrogens is 438 g/mol. The highest BCUT2D eigenvalue weighted by atomic mass is 16.8. The molecule has 0 radical (unpaired) electrons. The summed E-state index contributed by atoms with van der Waals surface area (Å²) in [6.07, 6.45) is 7.43. The largest absolute Gasteiger partial charge is 0.362 e. The first-order chi connectivity index (χ1) is 16.9. The van der Waals surface area contributed by atoms with Crippen LogP contribution in [0.15, 0.2) is 48.5 Å². The normalized spacial score (nSPS) is 17.4. The van der Waals surface area contributed by atoms with Crippen molar-refractivity contribution in [2.24, 2.45) is 5.92 Å². The third kappa shape index (κ3) is 7.99. The van der Waals surface area contributed by atoms with Gasteiger partial charge >= 0.3 is 5.69 Å². The van der Waals surface area contributed by atoms with Crippen LogP contribution in [0.4, 0.5) is 11.5 Å². The van der Waals surface area contributed by atoms with Gasteiger partial charge in [-0.25, -0.2) is 14.8 Å². The summed E-state index contributed by atoms with van der Waals surface area (Å²) in [7, 11) is 5.37. The van der Waals surface area contributed by atoms with Crippen molar-refractivity contribution in [1.29, 1.82) is 0 Å². The predicted molar refractivity (Wildman–Crippen MR) is 143 cm³/mol. The number of aryl methyl sites for hydroxylation is 2. The van der Waals surface area contributed by atoms with Gasteiger partial charge in [0, 0.05) is 37.7 Å². The second-order valence-electron chi connectivity index (χ2n) is 9.63. The Kier molecular flexibility index (Phi) is 9.97. The molecule has 0 spiro atoms. The third-order valence-electron chi connectivity index (χ3n) is 6.50. The molecule has 0 saturated heterocycles. The average Bonchev–Trinajstić information content (AvgIpc) is 2.87. The number of anilines is 1. The average molecular weight is 479 g/mol. The maximum absolute atomic E-state index is 11.4. The monoisotopic (exact) mass is 478 g/mol. The predicted octanol–water partition coefficient (Wildman–Crippen LogP) is 5.76. The van der Waals surface area contributed by atoms with Gasteiger partial charge in [-0.15, -0.1) is 0 Å². The van der Waals surface area contributed by atoms with Gasteiger partial charge in [0.2, 0.25) is 0 Å². The van der Waals surface area contributed by atoms with E-state index in [1.807, 2.05) is 62.3 Å². The van der Waals surface area contributed by atoms with Crippen LogP contribution in [-0.4, -0.2) is 48.7 Å². The number of aromatic nitrogens is 2. The fourth-order valence-corrected chi connectivity index (χ4v) is 4.51. The molecule has 1 heterocycles. The molecule has 4 rings (SSSR count). The maximum Gasteiger partial charge on any atom is 0.317 e. The number of fused-ring (bicyclic) bond motifs is 1. The van der Waals surface area contributed by atoms with Gasteiger partial charge < -0.3 is 10.2 Å². The maximum atomic E-state index is 11.4. The number of benzene rings is 2. The van der Waals surface area contributed by atoms with E-state index in [4.69, 9.17) is 0 Å². The summed E-state index contributed by atoms with van der Waals surface area (Å²) >= 11 is 0. The Bertz CT molecular complexity index is 1090. The van der Waals surface area contributed by atoms with Crippen molar-refractivity contribution in [3.8, 4) is 0 Å². The van der Waals surface area contributed by atoms with Crippen molar-refractivity contribution >= 4 is 22.4 Å². The summed E-state index contributed by atoms with van der Waals surface area (Å²) in [5, 5.41) is 4.76. The molecule has 3 aromatic rings. The molecule has 0 bridgehead atoms. The third-order valence-corrected chi connectivity index (χ3v) is 6.50. The summed E-state index contributed by atoms with van der Waals surface area (Å²) in [5.74, 6) is 2.70. The molecule has 7 nitrogen and oxygen atoms in total. The summed E-state index contributed by atoms with van der Waals surface area (Å²) in [6, 6.07) is 16.4. The van der Waals surface area contributed by atoms with Gasteiger partial charge in [0.15, 0.2) is 7.11 Å². The molecule has 0 unspecified atom stereocenters. The van der Waals surface area contributed by atoms with E-state index >= 15 is 0 Å². The molecular formula is C28H40N5O2+. The van der Waals surface area contributed by atoms with Gasteiger partial charge in [-0.05, 0) is 75.6 Å². The zero-order valence-electron chi connectivity index (χ0n) is 21.8. The van der Waals surface area contributed by atoms with E-state index < -0.39 is 0 Å². The van der Waals surface area contributed by atoms with Crippen molar-refractivity contribution in [3.05, 3.63) is 64.8 Å². The van der Waals surface area contributed by atoms with Crippen LogP contribution in [0.3, 0.4) is 0 Å². The first-order valence-electron chi connectivity index (χ1n) is 12.6. The van der Waals surface area contributed by atoms with Crippen LogP contribution < -0.4 is 10.2 Å². The van der Waals surface area contributed by atoms with Gasteiger partial charge in [0.05, 0.1) is 10.4 Å². The van der Waals surface area contributed by atoms with Crippen molar-refractivity contribution < 1.29 is 9.76 Å². The standard InChI is InChI=1S/C17H27N2O2.C11H13N3/c1-14-8-10-16(11-9-14)18-12-4-6-15-5-3-7-17(13-15)19(20)21-2;1-8-12-10-7-5-4-6-9(10)11(13-8)14(2)3/h3,5,7,13-14,16,18H,4,6,8-12H2,1-2H3;4-7H,1-3H3/q+1;. The number of para-hydroxylation sites is 1. The van der Waals surface area contributed by atoms with Gasteiger partial charge in [0.25, 0.3) is 4.92 Å². The van der Waals surface area contributed by atoms with Crippen LogP contribution in [0.25, 0.3) is 10.9 Å². The lowest BCUT2D eigenvalue weighted by atomic mass is 9.87. The molecule has 0 amide bonds. The highest BCUT2D eigenvalue weighted by Crippen LogP contribution is 2.23. The Labute approximate surface area is 209 Å². The van der Waals surface area contributed by atoms with Crippen molar-refractivity contribution in [2.75, 3.05) is 32.6 Å². The Balaban J connectivity index is 0.000000211. The van der Waals surface area contributed by atoms with Gasteiger partial charge in [-0.2, -0.15) is 0 Å². The molecule has 0 aliphatic heterocycles. The lowest BCUT2D eigenvalue weighted by Gasteiger charge is -2.27. The minimum absolute atomic E-state index is 0.547. The molecule has 1 N–H and O–H groups in total. The summed E-state index contributed by atoms with van der Waals surface area (Å²) in [6.45, 7) is 5.32. The van der Waals surface area contributed by atoms with Gasteiger partial charge in [0.1, 0.15) is 11.6 Å². The Morgan fingerprint density at radius 3 is 2.51 bits per heavy atom. The minimum atomic E-state index is 0.547. The van der Waals surface area contributed by atoms with Crippen molar-refractivity contribution in [3.63, 3.8) is 0 Å². The van der Waals surface area contributed by atoms with E-state index in [-0.39, 0.29) is 0 Å². The zero-order chi connectivity index (χ0) is 25.2. The summed E-state index contributed by atoms with van der Waals surface area (Å²) < 4.78 is 0. The molecule has 0 atom stereocenters. The van der Waals surface area contributed by atoms with E-state index in [2.05, 4.69) is 33.1 Å². The minimum Gasteiger partial charge on any atom is -0.362 e. The fourth-order valence-electron chi connectivity index (χ4n) is 4.51. The lowest BCUT2D eigenvalue weighted by Crippen LogP contribution is -2.33. The molecule has 188 valence electrons. The van der Waals surface area contributed by atoms with Crippen molar-refractivity contribution in [2.45, 2.75) is 58.4 Å². The summed E-state index contributed by atoms with van der Waals surface area (Å²) in [5.41, 5.74) is 2.75. The van der Waals surface area contributed by atoms with Crippen LogP contribution in [0, 0.1) is 17.7 Å². The first-order valence-corrected chi connectivity index (χ1v) is 12.6. The second-order valence-corrected chi connectivity index (χ2v) is 9.63. The summed E-state index contributed by atoms with van der Waals surface area (Å²) in [4.78, 5) is 27.4. The highest BCUT2D eigenvalue weighted by molar-refractivity contribution is 5.89. The fraction of sp³-hybridized carbons (Fsp3) is 0.500. The Hall–Kier alpha value is -3.06. The van der Waals surface area contributed by atoms with Crippen molar-refractivity contribution in [1.82, 2.24) is 15.3 Å². The SMILES string of the molecule is CO[N+](=O)c1cccc(CCCNC2CCC(C)CC2)c1.Cc1nc(N(C)C)c2ccccc2n1. The van der Waals surface area contributed by atoms with Crippen LogP contribution in [0.5, 0.6) is 0 Å².